The summed E-state index contributed by atoms with van der Waals surface area (Å²) in [4.78, 5) is 15.4. The van der Waals surface area contributed by atoms with Crippen molar-refractivity contribution in [2.24, 2.45) is 5.73 Å². The van der Waals surface area contributed by atoms with E-state index < -0.39 is 9.84 Å². The number of thiol groups is 1. The molecular weight excluding hydrogens is 924 g/mol. The number of thiazole rings is 3. The molecule has 0 spiro atoms. The second kappa shape index (κ2) is 23.2. The summed E-state index contributed by atoms with van der Waals surface area (Å²) in [5.74, 6) is 0. The van der Waals surface area contributed by atoms with Crippen molar-refractivity contribution in [3.05, 3.63) is 125 Å². The summed E-state index contributed by atoms with van der Waals surface area (Å²) in [6, 6.07) is 19.0. The molecule has 3 aromatic heterocycles. The minimum Gasteiger partial charge on any atom is -0.325 e. The first-order chi connectivity index (χ1) is 27.6. The van der Waals surface area contributed by atoms with Crippen LogP contribution in [0.4, 0.5) is 0 Å². The van der Waals surface area contributed by atoms with Crippen molar-refractivity contribution in [2.75, 3.05) is 0 Å². The van der Waals surface area contributed by atoms with Crippen LogP contribution in [0.3, 0.4) is 0 Å². The lowest BCUT2D eigenvalue weighted by Gasteiger charge is -2.16. The zero-order valence-electron chi connectivity index (χ0n) is 33.0. The summed E-state index contributed by atoms with van der Waals surface area (Å²) in [5.41, 5.74) is 14.1. The Balaban J connectivity index is 0.000000154. The lowest BCUT2D eigenvalue weighted by atomic mass is 9.92. The van der Waals surface area contributed by atoms with Gasteiger partial charge in [0.2, 0.25) is 9.84 Å². The third-order valence-corrected chi connectivity index (χ3v) is 17.5. The predicted octanol–water partition coefficient (Wildman–Crippen LogP) is 12.8. The lowest BCUT2D eigenvalue weighted by molar-refractivity contribution is 0.597. The van der Waals surface area contributed by atoms with Gasteiger partial charge in [0, 0.05) is 16.3 Å². The molecule has 3 aliphatic carbocycles. The Hall–Kier alpha value is -2.07. The molecule has 58 heavy (non-hydrogen) atoms. The fourth-order valence-corrected chi connectivity index (χ4v) is 13.1. The molecule has 14 heteroatoms. The molecule has 2 N–H and O–H groups in total. The molecule has 6 nitrogen and oxygen atoms in total. The van der Waals surface area contributed by atoms with Crippen LogP contribution in [0.25, 0.3) is 0 Å². The standard InChI is InChI=1S/C15H17NS2.C14H16N2O2S2.C10H12S.C5H6BrNS.ClH/c1-2-14-16-10-15(18-14)17-13-8-7-11-5-3-4-6-12(11)9-13;15-8-13-16-9-14(19-13)20(17,18)12-6-5-10-3-1-2-4-11(10)7-12;11-10-6-5-8-3-1-2-4-9(8)7-10;1-2-5-7-3-4(6)8-5;/h7-10H,2-6H2,1H3;5-7,9H,1-4,8,15H2;5-7,11H,1-4H2;3H,2H2,1H3;1H. The first-order valence-corrected chi connectivity index (χ1v) is 25.8. The van der Waals surface area contributed by atoms with Crippen LogP contribution in [-0.4, -0.2) is 23.4 Å². The molecule has 3 aromatic carbocycles. The Bertz CT molecular complexity index is 2340. The largest absolute Gasteiger partial charge is 0.325 e. The van der Waals surface area contributed by atoms with Gasteiger partial charge in [-0.2, -0.15) is 0 Å². The highest BCUT2D eigenvalue weighted by molar-refractivity contribution is 9.11. The summed E-state index contributed by atoms with van der Waals surface area (Å²) in [6.45, 7) is 4.53. The van der Waals surface area contributed by atoms with Crippen LogP contribution in [0.1, 0.15) is 101 Å². The third kappa shape index (κ3) is 13.2. The van der Waals surface area contributed by atoms with Crippen LogP contribution < -0.4 is 5.73 Å². The van der Waals surface area contributed by atoms with Crippen LogP contribution in [0.15, 0.2) is 100 Å². The van der Waals surface area contributed by atoms with E-state index in [1.165, 1.54) is 105 Å². The van der Waals surface area contributed by atoms with Gasteiger partial charge in [-0.25, -0.2) is 23.4 Å². The van der Waals surface area contributed by atoms with Gasteiger partial charge in [-0.05, 0) is 176 Å². The van der Waals surface area contributed by atoms with Crippen molar-refractivity contribution < 1.29 is 8.42 Å². The molecule has 3 heterocycles. The van der Waals surface area contributed by atoms with Crippen molar-refractivity contribution in [1.29, 1.82) is 0 Å². The minimum absolute atomic E-state index is 0. The highest BCUT2D eigenvalue weighted by Gasteiger charge is 2.22. The number of benzene rings is 3. The highest BCUT2D eigenvalue weighted by Crippen LogP contribution is 2.35. The summed E-state index contributed by atoms with van der Waals surface area (Å²) in [7, 11) is -3.46. The third-order valence-electron chi connectivity index (χ3n) is 10.1. The topological polar surface area (TPSA) is 98.8 Å². The predicted molar refractivity (Wildman–Crippen MR) is 254 cm³/mol. The van der Waals surface area contributed by atoms with Crippen LogP contribution in [0, 0.1) is 0 Å². The molecule has 310 valence electrons. The molecule has 6 aromatic rings. The molecule has 0 bridgehead atoms. The van der Waals surface area contributed by atoms with E-state index in [1.54, 1.807) is 28.5 Å². The van der Waals surface area contributed by atoms with Gasteiger partial charge in [0.15, 0.2) is 0 Å². The van der Waals surface area contributed by atoms with E-state index >= 15 is 0 Å². The van der Waals surface area contributed by atoms with Crippen LogP contribution in [-0.2, 0) is 67.7 Å². The molecule has 3 aliphatic rings. The van der Waals surface area contributed by atoms with Crippen LogP contribution >= 0.6 is 86.7 Å². The number of nitrogens with zero attached hydrogens (tertiary/aromatic N) is 3. The second-order valence-electron chi connectivity index (χ2n) is 14.2. The Morgan fingerprint density at radius 1 is 0.655 bits per heavy atom. The van der Waals surface area contributed by atoms with Gasteiger partial charge >= 0.3 is 0 Å². The number of rotatable bonds is 7. The van der Waals surface area contributed by atoms with E-state index in [2.05, 4.69) is 93.8 Å². The molecule has 9 rings (SSSR count). The van der Waals surface area contributed by atoms with Crippen molar-refractivity contribution >= 4 is 96.6 Å². The maximum Gasteiger partial charge on any atom is 0.217 e. The zero-order chi connectivity index (χ0) is 40.2. The number of nitrogens with two attached hydrogens (primary N) is 1. The smallest absolute Gasteiger partial charge is 0.217 e. The maximum absolute atomic E-state index is 12.6. The number of sulfone groups is 1. The Morgan fingerprint density at radius 3 is 1.71 bits per heavy atom. The molecule has 0 saturated heterocycles. The Labute approximate surface area is 381 Å². The van der Waals surface area contributed by atoms with Gasteiger partial charge in [-0.3, -0.25) is 0 Å². The summed E-state index contributed by atoms with van der Waals surface area (Å²) < 4.78 is 27.9. The number of aryl methyl sites for hydroxylation is 8. The maximum atomic E-state index is 12.6. The molecule has 0 aliphatic heterocycles. The van der Waals surface area contributed by atoms with Crippen molar-refractivity contribution in [3.8, 4) is 0 Å². The van der Waals surface area contributed by atoms with Gasteiger partial charge in [-0.15, -0.1) is 59.0 Å². The van der Waals surface area contributed by atoms with E-state index in [1.807, 2.05) is 47.6 Å². The average Bonchev–Trinajstić information content (AvgIpc) is 4.03. The molecule has 0 fully saturated rings. The van der Waals surface area contributed by atoms with E-state index in [9.17, 15) is 8.42 Å². The van der Waals surface area contributed by atoms with Gasteiger partial charge in [0.25, 0.3) is 0 Å². The molecule has 0 saturated carbocycles. The zero-order valence-corrected chi connectivity index (χ0v) is 40.4. The van der Waals surface area contributed by atoms with Gasteiger partial charge in [-0.1, -0.05) is 43.8 Å². The van der Waals surface area contributed by atoms with E-state index in [-0.39, 0.29) is 23.2 Å². The number of hydrogen-bond acceptors (Lipinski definition) is 11. The van der Waals surface area contributed by atoms with Gasteiger partial charge in [0.1, 0.15) is 9.22 Å². The molecular formula is C44H52BrClN4O2S6. The van der Waals surface area contributed by atoms with Gasteiger partial charge < -0.3 is 5.73 Å². The van der Waals surface area contributed by atoms with Crippen LogP contribution in [0.2, 0.25) is 0 Å². The number of halogens is 2. The number of hydrogen-bond donors (Lipinski definition) is 2. The van der Waals surface area contributed by atoms with Crippen molar-refractivity contribution in [2.45, 2.75) is 133 Å². The molecule has 0 radical (unpaired) electrons. The van der Waals surface area contributed by atoms with Crippen LogP contribution in [0.5, 0.6) is 0 Å². The normalized spacial score (nSPS) is 14.1. The minimum atomic E-state index is -3.46. The van der Waals surface area contributed by atoms with E-state index in [4.69, 9.17) is 5.73 Å². The summed E-state index contributed by atoms with van der Waals surface area (Å²) >= 11 is 14.2. The van der Waals surface area contributed by atoms with E-state index in [0.29, 0.717) is 9.90 Å². The average molecular weight is 977 g/mol. The Morgan fingerprint density at radius 2 is 1.17 bits per heavy atom. The second-order valence-corrected chi connectivity index (χ2v) is 22.9. The number of aromatic nitrogens is 3. The SMILES string of the molecule is CCc1ncc(Br)s1.CCc1ncc(Sc2ccc3c(c2)CCCC3)s1.Cl.NCc1ncc(S(=O)(=O)c2ccc3c(c2)CCCC3)s1.Sc1ccc2c(c1)CCCC2. The quantitative estimate of drug-likeness (QED) is 0.154. The van der Waals surface area contributed by atoms with Gasteiger partial charge in [0.05, 0.1) is 41.5 Å². The fourth-order valence-electron chi connectivity index (χ4n) is 7.07. The monoisotopic (exact) mass is 974 g/mol. The summed E-state index contributed by atoms with van der Waals surface area (Å²) in [5, 5.41) is 3.06. The highest BCUT2D eigenvalue weighted by atomic mass is 79.9. The first kappa shape index (κ1) is 47.0. The fraction of sp³-hybridized carbons (Fsp3) is 0.386. The molecule has 0 atom stereocenters. The summed E-state index contributed by atoms with van der Waals surface area (Å²) in [6.07, 6.45) is 22.1. The Kier molecular flexibility index (Phi) is 18.8. The molecule has 0 unspecified atom stereocenters. The number of fused-ring (bicyclic) bond motifs is 3. The van der Waals surface area contributed by atoms with Crippen molar-refractivity contribution in [3.63, 3.8) is 0 Å². The lowest BCUT2D eigenvalue weighted by Crippen LogP contribution is -2.06. The van der Waals surface area contributed by atoms with E-state index in [0.717, 1.165) is 52.1 Å². The first-order valence-electron chi connectivity index (χ1n) is 19.8. The molecule has 0 amide bonds. The van der Waals surface area contributed by atoms with Crippen molar-refractivity contribution in [1.82, 2.24) is 15.0 Å².